The van der Waals surface area contributed by atoms with Crippen LogP contribution in [0.15, 0.2) is 4.63 Å². The minimum absolute atomic E-state index is 0.0598. The van der Waals surface area contributed by atoms with E-state index >= 15 is 0 Å². The molecule has 0 saturated heterocycles. The molecule has 1 rings (SSSR count). The van der Waals surface area contributed by atoms with Gasteiger partial charge in [0.1, 0.15) is 0 Å². The van der Waals surface area contributed by atoms with Crippen LogP contribution in [0.5, 0.6) is 11.8 Å². The van der Waals surface area contributed by atoms with Crippen LogP contribution in [0.4, 0.5) is 9.59 Å². The molecule has 0 spiro atoms. The summed E-state index contributed by atoms with van der Waals surface area (Å²) in [7, 11) is 0. The van der Waals surface area contributed by atoms with Crippen LogP contribution in [0, 0.1) is 0 Å². The molecule has 1 heterocycles. The molecule has 0 aliphatic heterocycles. The van der Waals surface area contributed by atoms with E-state index in [0.29, 0.717) is 0 Å². The molecule has 0 aromatic carbocycles. The van der Waals surface area contributed by atoms with Gasteiger partial charge in [-0.15, -0.1) is 0 Å². The van der Waals surface area contributed by atoms with Crippen molar-refractivity contribution in [2.24, 2.45) is 0 Å². The van der Waals surface area contributed by atoms with E-state index in [-0.39, 0.29) is 23.8 Å². The first-order valence-corrected chi connectivity index (χ1v) is 6.75. The van der Waals surface area contributed by atoms with Crippen molar-refractivity contribution in [3.63, 3.8) is 0 Å². The summed E-state index contributed by atoms with van der Waals surface area (Å²) in [5.41, 5.74) is 0. The van der Waals surface area contributed by atoms with Gasteiger partial charge in [-0.05, 0) is 37.0 Å². The molecule has 0 radical (unpaired) electrons. The minimum Gasteiger partial charge on any atom is -0.383 e. The number of hydrogen-bond acceptors (Lipinski definition) is 7. The molecule has 118 valence electrons. The normalized spacial score (nSPS) is 13.1. The molecule has 2 N–H and O–H groups in total. The second-order valence-corrected chi connectivity index (χ2v) is 4.56. The lowest BCUT2D eigenvalue weighted by molar-refractivity contribution is 0.183. The van der Waals surface area contributed by atoms with Gasteiger partial charge in [0.2, 0.25) is 0 Å². The molecular formula is C12H20N4O5. The standard InChI is InChI=1S/C12H20N4O5/c1-5-7(3)13-11(17)19-9-10(16-21-15-9)20-12(18)14-8(4)6-2/h7-8H,5-6H2,1-4H3,(H,13,17)(H,14,18). The first kappa shape index (κ1) is 16.7. The van der Waals surface area contributed by atoms with E-state index in [1.54, 1.807) is 0 Å². The van der Waals surface area contributed by atoms with E-state index in [9.17, 15) is 9.59 Å². The van der Waals surface area contributed by atoms with Crippen LogP contribution >= 0.6 is 0 Å². The highest BCUT2D eigenvalue weighted by molar-refractivity contribution is 5.73. The Balaban J connectivity index is 2.57. The molecule has 9 heteroatoms. The summed E-state index contributed by atoms with van der Waals surface area (Å²) < 4.78 is 14.1. The van der Waals surface area contributed by atoms with Crippen molar-refractivity contribution in [2.45, 2.75) is 52.6 Å². The van der Waals surface area contributed by atoms with Crippen molar-refractivity contribution in [1.29, 1.82) is 0 Å². The van der Waals surface area contributed by atoms with Gasteiger partial charge in [-0.3, -0.25) is 0 Å². The summed E-state index contributed by atoms with van der Waals surface area (Å²) in [6, 6.07) is -0.120. The van der Waals surface area contributed by atoms with Gasteiger partial charge in [0, 0.05) is 12.1 Å². The van der Waals surface area contributed by atoms with Crippen LogP contribution in [0.1, 0.15) is 40.5 Å². The van der Waals surface area contributed by atoms with Crippen molar-refractivity contribution in [2.75, 3.05) is 0 Å². The number of rotatable bonds is 6. The number of hydrogen-bond donors (Lipinski definition) is 2. The molecule has 21 heavy (non-hydrogen) atoms. The highest BCUT2D eigenvalue weighted by Gasteiger charge is 2.21. The smallest absolute Gasteiger partial charge is 0.383 e. The Morgan fingerprint density at radius 1 is 1.00 bits per heavy atom. The largest absolute Gasteiger partial charge is 0.414 e. The van der Waals surface area contributed by atoms with E-state index in [0.717, 1.165) is 12.8 Å². The topological polar surface area (TPSA) is 116 Å². The Morgan fingerprint density at radius 2 is 1.38 bits per heavy atom. The maximum absolute atomic E-state index is 11.5. The molecule has 1 aromatic heterocycles. The second-order valence-electron chi connectivity index (χ2n) is 4.56. The lowest BCUT2D eigenvalue weighted by atomic mass is 10.3. The lowest BCUT2D eigenvalue weighted by Crippen LogP contribution is -2.35. The monoisotopic (exact) mass is 300 g/mol. The molecule has 2 amide bonds. The number of carbonyl (C=O) groups excluding carboxylic acids is 2. The average Bonchev–Trinajstić information content (AvgIpc) is 2.85. The predicted octanol–water partition coefficient (Wildman–Crippen LogP) is 1.84. The van der Waals surface area contributed by atoms with Crippen molar-refractivity contribution in [3.8, 4) is 11.8 Å². The molecule has 2 unspecified atom stereocenters. The zero-order valence-electron chi connectivity index (χ0n) is 12.5. The molecule has 9 nitrogen and oxygen atoms in total. The Kier molecular flexibility index (Phi) is 6.44. The van der Waals surface area contributed by atoms with Crippen molar-refractivity contribution < 1.29 is 23.7 Å². The number of nitrogens with one attached hydrogen (secondary N) is 2. The van der Waals surface area contributed by atoms with Crippen LogP contribution in [0.3, 0.4) is 0 Å². The third-order valence-electron chi connectivity index (χ3n) is 2.76. The van der Waals surface area contributed by atoms with E-state index in [4.69, 9.17) is 9.47 Å². The molecule has 2 atom stereocenters. The fourth-order valence-electron chi connectivity index (χ4n) is 1.14. The van der Waals surface area contributed by atoms with Crippen LogP contribution < -0.4 is 20.1 Å². The van der Waals surface area contributed by atoms with Crippen molar-refractivity contribution in [3.05, 3.63) is 0 Å². The maximum atomic E-state index is 11.5. The Bertz CT molecular complexity index is 435. The van der Waals surface area contributed by atoms with Gasteiger partial charge in [-0.1, -0.05) is 13.8 Å². The summed E-state index contributed by atoms with van der Waals surface area (Å²) in [5.74, 6) is -0.620. The fourth-order valence-corrected chi connectivity index (χ4v) is 1.14. The molecule has 0 bridgehead atoms. The number of amides is 2. The first-order valence-electron chi connectivity index (χ1n) is 6.75. The van der Waals surface area contributed by atoms with Gasteiger partial charge in [-0.2, -0.15) is 0 Å². The zero-order valence-corrected chi connectivity index (χ0v) is 12.5. The van der Waals surface area contributed by atoms with Crippen molar-refractivity contribution in [1.82, 2.24) is 20.9 Å². The quantitative estimate of drug-likeness (QED) is 0.823. The molecule has 0 saturated carbocycles. The molecular weight excluding hydrogens is 280 g/mol. The van der Waals surface area contributed by atoms with E-state index in [1.165, 1.54) is 0 Å². The Labute approximate surface area is 122 Å². The van der Waals surface area contributed by atoms with Gasteiger partial charge >= 0.3 is 23.9 Å². The summed E-state index contributed by atoms with van der Waals surface area (Å²) in [5, 5.41) is 11.9. The van der Waals surface area contributed by atoms with E-state index in [2.05, 4.69) is 25.6 Å². The van der Waals surface area contributed by atoms with Gasteiger partial charge < -0.3 is 20.1 Å². The number of ether oxygens (including phenoxy) is 2. The van der Waals surface area contributed by atoms with Crippen LogP contribution in [0.2, 0.25) is 0 Å². The Hall–Kier alpha value is -2.32. The summed E-state index contributed by atoms with van der Waals surface area (Å²) >= 11 is 0. The number of nitrogens with zero attached hydrogens (tertiary/aromatic N) is 2. The summed E-state index contributed by atoms with van der Waals surface area (Å²) in [6.45, 7) is 7.46. The van der Waals surface area contributed by atoms with Gasteiger partial charge in [0.15, 0.2) is 0 Å². The highest BCUT2D eigenvalue weighted by Crippen LogP contribution is 2.21. The van der Waals surface area contributed by atoms with Gasteiger partial charge in [0.25, 0.3) is 0 Å². The highest BCUT2D eigenvalue weighted by atomic mass is 16.7. The summed E-state index contributed by atoms with van der Waals surface area (Å²) in [4.78, 5) is 23.1. The van der Waals surface area contributed by atoms with Crippen molar-refractivity contribution >= 4 is 12.2 Å². The van der Waals surface area contributed by atoms with E-state index < -0.39 is 12.2 Å². The van der Waals surface area contributed by atoms with Crippen LogP contribution in [-0.4, -0.2) is 34.6 Å². The van der Waals surface area contributed by atoms with Gasteiger partial charge in [-0.25, -0.2) is 14.2 Å². The summed E-state index contributed by atoms with van der Waals surface area (Å²) in [6.07, 6.45) is 0.0270. The average molecular weight is 300 g/mol. The molecule has 1 aromatic rings. The fraction of sp³-hybridized carbons (Fsp3) is 0.667. The first-order chi connectivity index (χ1) is 9.96. The molecule has 0 aliphatic rings. The van der Waals surface area contributed by atoms with E-state index in [1.807, 2.05) is 27.7 Å². The minimum atomic E-state index is -0.729. The third kappa shape index (κ3) is 5.67. The number of carbonyl (C=O) groups is 2. The molecule has 0 aliphatic carbocycles. The van der Waals surface area contributed by atoms with Crippen LogP contribution in [0.25, 0.3) is 0 Å². The molecule has 0 fully saturated rings. The maximum Gasteiger partial charge on any atom is 0.414 e. The predicted molar refractivity (Wildman–Crippen MR) is 72.1 cm³/mol. The number of aromatic nitrogens is 2. The lowest BCUT2D eigenvalue weighted by Gasteiger charge is -2.11. The van der Waals surface area contributed by atoms with Gasteiger partial charge in [0.05, 0.1) is 0 Å². The second kappa shape index (κ2) is 8.08. The zero-order chi connectivity index (χ0) is 15.8. The van der Waals surface area contributed by atoms with Crippen LogP contribution in [-0.2, 0) is 0 Å². The Morgan fingerprint density at radius 3 is 1.71 bits per heavy atom. The third-order valence-corrected chi connectivity index (χ3v) is 2.76. The SMILES string of the molecule is CCC(C)NC(=O)Oc1nonc1OC(=O)NC(C)CC.